The van der Waals surface area contributed by atoms with E-state index in [1.807, 2.05) is 52.4 Å². The molecule has 2 aromatic heterocycles. The Morgan fingerprint density at radius 1 is 0.977 bits per heavy atom. The SMILES string of the molecule is N#Cc1ccc(Cn2cncc2CN(C(=O)C2CCCC2)c2ccc(N3CCN(C(=O)c4ccc(Cl)s4)CC3)cc2)cc1. The summed E-state index contributed by atoms with van der Waals surface area (Å²) in [5, 5.41) is 9.12. The lowest BCUT2D eigenvalue weighted by Crippen LogP contribution is -2.48. The fourth-order valence-electron chi connectivity index (χ4n) is 5.95. The Balaban J connectivity index is 1.16. The molecule has 2 fully saturated rings. The van der Waals surface area contributed by atoms with Crippen molar-refractivity contribution in [3.63, 3.8) is 0 Å². The molecule has 1 saturated heterocycles. The lowest BCUT2D eigenvalue weighted by atomic mass is 10.1. The van der Waals surface area contributed by atoms with Gasteiger partial charge in [0.1, 0.15) is 0 Å². The van der Waals surface area contributed by atoms with Gasteiger partial charge in [-0.05, 0) is 66.9 Å². The maximum atomic E-state index is 13.8. The molecule has 1 aliphatic carbocycles. The molecule has 220 valence electrons. The van der Waals surface area contributed by atoms with E-state index in [0.717, 1.165) is 61.4 Å². The summed E-state index contributed by atoms with van der Waals surface area (Å²) in [7, 11) is 0. The quantitative estimate of drug-likeness (QED) is 0.236. The first-order valence-corrected chi connectivity index (χ1v) is 15.9. The first-order valence-electron chi connectivity index (χ1n) is 14.7. The molecule has 2 aromatic carbocycles. The van der Waals surface area contributed by atoms with Gasteiger partial charge in [-0.1, -0.05) is 36.6 Å². The topological polar surface area (TPSA) is 85.5 Å². The van der Waals surface area contributed by atoms with Gasteiger partial charge in [-0.25, -0.2) is 4.98 Å². The highest BCUT2D eigenvalue weighted by Gasteiger charge is 2.29. The molecule has 6 rings (SSSR count). The van der Waals surface area contributed by atoms with Crippen molar-refractivity contribution in [2.75, 3.05) is 36.0 Å². The maximum absolute atomic E-state index is 13.8. The van der Waals surface area contributed by atoms with Crippen LogP contribution in [0.25, 0.3) is 0 Å². The summed E-state index contributed by atoms with van der Waals surface area (Å²) in [6.45, 7) is 3.81. The number of thiophene rings is 1. The van der Waals surface area contributed by atoms with Gasteiger partial charge >= 0.3 is 0 Å². The van der Waals surface area contributed by atoms with Crippen molar-refractivity contribution in [2.24, 2.45) is 5.92 Å². The van der Waals surface area contributed by atoms with Gasteiger partial charge in [-0.3, -0.25) is 9.59 Å². The van der Waals surface area contributed by atoms with Gasteiger partial charge in [0.2, 0.25) is 5.91 Å². The third kappa shape index (κ3) is 6.61. The number of rotatable bonds is 8. The summed E-state index contributed by atoms with van der Waals surface area (Å²) in [6, 6.07) is 21.5. The number of piperazine rings is 1. The maximum Gasteiger partial charge on any atom is 0.264 e. The summed E-state index contributed by atoms with van der Waals surface area (Å²) in [5.74, 6) is 0.238. The molecule has 0 atom stereocenters. The first-order chi connectivity index (χ1) is 21.0. The van der Waals surface area contributed by atoms with E-state index in [2.05, 4.69) is 32.7 Å². The Labute approximate surface area is 260 Å². The molecule has 2 amide bonds. The molecule has 0 bridgehead atoms. The molecule has 2 aliphatic rings. The van der Waals surface area contributed by atoms with E-state index in [0.29, 0.717) is 41.0 Å². The van der Waals surface area contributed by atoms with Crippen molar-refractivity contribution >= 4 is 46.1 Å². The molecule has 0 radical (unpaired) electrons. The molecule has 1 saturated carbocycles. The Kier molecular flexibility index (Phi) is 8.77. The van der Waals surface area contributed by atoms with Crippen molar-refractivity contribution in [1.82, 2.24) is 14.5 Å². The number of carbonyl (C=O) groups is 2. The van der Waals surface area contributed by atoms with Crippen LogP contribution in [-0.2, 0) is 17.9 Å². The van der Waals surface area contributed by atoms with Gasteiger partial charge in [-0.15, -0.1) is 11.3 Å². The molecule has 1 aliphatic heterocycles. The van der Waals surface area contributed by atoms with Gasteiger partial charge in [-0.2, -0.15) is 5.26 Å². The molecule has 8 nitrogen and oxygen atoms in total. The molecule has 43 heavy (non-hydrogen) atoms. The molecule has 4 aromatic rings. The van der Waals surface area contributed by atoms with Crippen LogP contribution < -0.4 is 9.80 Å². The number of amides is 2. The van der Waals surface area contributed by atoms with Crippen molar-refractivity contribution < 1.29 is 9.59 Å². The van der Waals surface area contributed by atoms with Crippen molar-refractivity contribution in [3.05, 3.63) is 99.2 Å². The second-order valence-electron chi connectivity index (χ2n) is 11.1. The summed E-state index contributed by atoms with van der Waals surface area (Å²) in [4.78, 5) is 37.8. The van der Waals surface area contributed by atoms with E-state index >= 15 is 0 Å². The van der Waals surface area contributed by atoms with Gasteiger partial charge in [0.15, 0.2) is 0 Å². The lowest BCUT2D eigenvalue weighted by Gasteiger charge is -2.36. The molecular formula is C33H33ClN6O2S. The number of nitriles is 1. The number of imidazole rings is 1. The van der Waals surface area contributed by atoms with Crippen LogP contribution in [0.2, 0.25) is 4.34 Å². The first kappa shape index (κ1) is 29.0. The summed E-state index contributed by atoms with van der Waals surface area (Å²) in [6.07, 6.45) is 7.67. The number of nitrogens with zero attached hydrogens (tertiary/aromatic N) is 6. The number of aromatic nitrogens is 2. The van der Waals surface area contributed by atoms with Crippen LogP contribution in [0, 0.1) is 17.2 Å². The summed E-state index contributed by atoms with van der Waals surface area (Å²) >= 11 is 7.35. The second-order valence-corrected chi connectivity index (χ2v) is 12.8. The zero-order valence-electron chi connectivity index (χ0n) is 23.9. The predicted octanol–water partition coefficient (Wildman–Crippen LogP) is 6.20. The smallest absolute Gasteiger partial charge is 0.264 e. The van der Waals surface area contributed by atoms with Gasteiger partial charge in [0.25, 0.3) is 5.91 Å². The minimum atomic E-state index is 0.0337. The Hall–Kier alpha value is -4.13. The number of benzene rings is 2. The number of hydrogen-bond donors (Lipinski definition) is 0. The zero-order chi connectivity index (χ0) is 29.8. The minimum Gasteiger partial charge on any atom is -0.368 e. The van der Waals surface area contributed by atoms with E-state index in [-0.39, 0.29) is 17.7 Å². The summed E-state index contributed by atoms with van der Waals surface area (Å²) < 4.78 is 2.69. The van der Waals surface area contributed by atoms with Crippen molar-refractivity contribution in [2.45, 2.75) is 38.8 Å². The van der Waals surface area contributed by atoms with Crippen LogP contribution >= 0.6 is 22.9 Å². The van der Waals surface area contributed by atoms with Crippen molar-refractivity contribution in [1.29, 1.82) is 5.26 Å². The molecule has 0 unspecified atom stereocenters. The highest BCUT2D eigenvalue weighted by Crippen LogP contribution is 2.31. The van der Waals surface area contributed by atoms with Crippen LogP contribution in [0.4, 0.5) is 11.4 Å². The highest BCUT2D eigenvalue weighted by molar-refractivity contribution is 7.17. The monoisotopic (exact) mass is 612 g/mol. The number of halogens is 1. The van der Waals surface area contributed by atoms with Crippen LogP contribution in [0.5, 0.6) is 0 Å². The average Bonchev–Trinajstić information content (AvgIpc) is 3.83. The number of carbonyl (C=O) groups excluding carboxylic acids is 2. The zero-order valence-corrected chi connectivity index (χ0v) is 25.4. The number of hydrogen-bond acceptors (Lipinski definition) is 6. The van der Waals surface area contributed by atoms with E-state index in [9.17, 15) is 9.59 Å². The standard InChI is InChI=1S/C33H33ClN6O2S/c34-31-14-13-30(43-31)33(42)38-17-15-37(16-18-38)27-9-11-28(12-10-27)40(32(41)26-3-1-2-4-26)22-29-20-36-23-39(29)21-25-7-5-24(19-35)6-8-25/h5-14,20,23,26H,1-4,15-18,21-22H2. The largest absolute Gasteiger partial charge is 0.368 e. The molecule has 0 N–H and O–H groups in total. The molecule has 0 spiro atoms. The van der Waals surface area contributed by atoms with E-state index in [1.165, 1.54) is 11.3 Å². The summed E-state index contributed by atoms with van der Waals surface area (Å²) in [5.41, 5.74) is 4.60. The fourth-order valence-corrected chi connectivity index (χ4v) is 6.96. The number of anilines is 2. The molecular weight excluding hydrogens is 580 g/mol. The Morgan fingerprint density at radius 3 is 2.35 bits per heavy atom. The second kappa shape index (κ2) is 13.0. The fraction of sp³-hybridized carbons (Fsp3) is 0.333. The van der Waals surface area contributed by atoms with E-state index < -0.39 is 0 Å². The third-order valence-electron chi connectivity index (χ3n) is 8.40. The van der Waals surface area contributed by atoms with Crippen LogP contribution in [0.3, 0.4) is 0 Å². The Bertz CT molecular complexity index is 1610. The normalized spacial score (nSPS) is 15.4. The Morgan fingerprint density at radius 2 is 1.70 bits per heavy atom. The van der Waals surface area contributed by atoms with E-state index in [4.69, 9.17) is 16.9 Å². The molecule has 10 heteroatoms. The highest BCUT2D eigenvalue weighted by atomic mass is 35.5. The van der Waals surface area contributed by atoms with Crippen LogP contribution in [0.1, 0.15) is 52.2 Å². The van der Waals surface area contributed by atoms with Gasteiger partial charge in [0, 0.05) is 56.2 Å². The predicted molar refractivity (Wildman–Crippen MR) is 170 cm³/mol. The van der Waals surface area contributed by atoms with Crippen molar-refractivity contribution in [3.8, 4) is 6.07 Å². The molecule has 3 heterocycles. The lowest BCUT2D eigenvalue weighted by molar-refractivity contribution is -0.122. The van der Waals surface area contributed by atoms with Gasteiger partial charge in [0.05, 0.1) is 39.4 Å². The third-order valence-corrected chi connectivity index (χ3v) is 9.62. The minimum absolute atomic E-state index is 0.0337. The average molecular weight is 613 g/mol. The van der Waals surface area contributed by atoms with E-state index in [1.54, 1.807) is 18.5 Å². The van der Waals surface area contributed by atoms with Gasteiger partial charge < -0.3 is 19.3 Å². The van der Waals surface area contributed by atoms with Crippen LogP contribution in [0.15, 0.2) is 73.2 Å². The van der Waals surface area contributed by atoms with Crippen LogP contribution in [-0.4, -0.2) is 52.4 Å².